The Morgan fingerprint density at radius 3 is 2.67 bits per heavy atom. The van der Waals surface area contributed by atoms with Gasteiger partial charge in [-0.15, -0.1) is 0 Å². The second-order valence-corrected chi connectivity index (χ2v) is 4.36. The number of benzene rings is 1. The van der Waals surface area contributed by atoms with Crippen molar-refractivity contribution in [2.45, 2.75) is 12.8 Å². The Balaban J connectivity index is 2.13. The Kier molecular flexibility index (Phi) is 3.00. The minimum Gasteiger partial charge on any atom is -0.329 e. The normalized spacial score (nSPS) is 16.1. The molecule has 0 unspecified atom stereocenters. The van der Waals surface area contributed by atoms with E-state index in [1.807, 2.05) is 0 Å². The molecule has 0 heterocycles. The maximum Gasteiger partial charge on any atom is 0.304 e. The van der Waals surface area contributed by atoms with E-state index in [9.17, 15) is 19.3 Å². The summed E-state index contributed by atoms with van der Waals surface area (Å²) in [5, 5.41) is 13.0. The van der Waals surface area contributed by atoms with Gasteiger partial charge in [-0.25, -0.2) is 0 Å². The largest absolute Gasteiger partial charge is 0.329 e. The Morgan fingerprint density at radius 1 is 1.56 bits per heavy atom. The van der Waals surface area contributed by atoms with E-state index in [-0.39, 0.29) is 18.1 Å². The highest BCUT2D eigenvalue weighted by Gasteiger charge is 2.48. The van der Waals surface area contributed by atoms with Gasteiger partial charge < -0.3 is 11.1 Å². The first-order valence-corrected chi connectivity index (χ1v) is 5.44. The van der Waals surface area contributed by atoms with Crippen LogP contribution in [0.1, 0.15) is 12.8 Å². The van der Waals surface area contributed by atoms with Crippen molar-refractivity contribution in [2.24, 2.45) is 11.1 Å². The Bertz CT molecular complexity index is 514. The van der Waals surface area contributed by atoms with Crippen molar-refractivity contribution in [3.63, 3.8) is 0 Å². The van der Waals surface area contributed by atoms with Gasteiger partial charge in [0.2, 0.25) is 11.7 Å². The third kappa shape index (κ3) is 2.17. The molecule has 0 atom stereocenters. The first-order valence-electron chi connectivity index (χ1n) is 5.44. The summed E-state index contributed by atoms with van der Waals surface area (Å²) < 4.78 is 13.3. The van der Waals surface area contributed by atoms with Crippen LogP contribution in [-0.2, 0) is 4.79 Å². The fourth-order valence-electron chi connectivity index (χ4n) is 1.67. The van der Waals surface area contributed by atoms with Crippen LogP contribution >= 0.6 is 0 Å². The van der Waals surface area contributed by atoms with Crippen LogP contribution in [0.3, 0.4) is 0 Å². The lowest BCUT2D eigenvalue weighted by atomic mass is 10.1. The number of carbonyl (C=O) groups excluding carboxylic acids is 1. The summed E-state index contributed by atoms with van der Waals surface area (Å²) in [4.78, 5) is 21.4. The van der Waals surface area contributed by atoms with Gasteiger partial charge in [-0.3, -0.25) is 14.9 Å². The SMILES string of the molecule is NCC1(C(=O)Nc2ccc([N+](=O)[O-])c(F)c2)CC1. The summed E-state index contributed by atoms with van der Waals surface area (Å²) >= 11 is 0. The summed E-state index contributed by atoms with van der Waals surface area (Å²) in [6, 6.07) is 3.25. The predicted octanol–water partition coefficient (Wildman–Crippen LogP) is 1.41. The number of amides is 1. The van der Waals surface area contributed by atoms with Crippen molar-refractivity contribution in [3.8, 4) is 0 Å². The van der Waals surface area contributed by atoms with Crippen LogP contribution < -0.4 is 11.1 Å². The molecule has 3 N–H and O–H groups in total. The summed E-state index contributed by atoms with van der Waals surface area (Å²) in [7, 11) is 0. The number of nitro benzene ring substituents is 1. The molecule has 0 saturated heterocycles. The average molecular weight is 253 g/mol. The third-order valence-electron chi connectivity index (χ3n) is 3.13. The number of rotatable bonds is 4. The number of halogens is 1. The van der Waals surface area contributed by atoms with Crippen molar-refractivity contribution in [1.29, 1.82) is 0 Å². The van der Waals surface area contributed by atoms with E-state index in [1.165, 1.54) is 6.07 Å². The highest BCUT2D eigenvalue weighted by atomic mass is 19.1. The van der Waals surface area contributed by atoms with E-state index in [1.54, 1.807) is 0 Å². The Hall–Kier alpha value is -2.02. The molecule has 0 aliphatic heterocycles. The first-order chi connectivity index (χ1) is 8.48. The second kappa shape index (κ2) is 4.34. The van der Waals surface area contributed by atoms with Crippen LogP contribution in [-0.4, -0.2) is 17.4 Å². The van der Waals surface area contributed by atoms with E-state index in [0.717, 1.165) is 12.1 Å². The summed E-state index contributed by atoms with van der Waals surface area (Å²) in [5.74, 6) is -1.24. The molecule has 6 nitrogen and oxygen atoms in total. The van der Waals surface area contributed by atoms with Crippen LogP contribution in [0.25, 0.3) is 0 Å². The number of nitrogens with one attached hydrogen (secondary N) is 1. The number of nitrogens with two attached hydrogens (primary N) is 1. The molecular formula is C11H12FN3O3. The fourth-order valence-corrected chi connectivity index (χ4v) is 1.67. The lowest BCUT2D eigenvalue weighted by Gasteiger charge is -2.12. The van der Waals surface area contributed by atoms with Gasteiger partial charge >= 0.3 is 5.69 Å². The highest BCUT2D eigenvalue weighted by Crippen LogP contribution is 2.45. The molecule has 1 fully saturated rings. The van der Waals surface area contributed by atoms with Gasteiger partial charge in [0.25, 0.3) is 0 Å². The van der Waals surface area contributed by atoms with Crippen molar-refractivity contribution in [1.82, 2.24) is 0 Å². The minimum atomic E-state index is -0.976. The second-order valence-electron chi connectivity index (χ2n) is 4.36. The molecular weight excluding hydrogens is 241 g/mol. The zero-order chi connectivity index (χ0) is 13.3. The predicted molar refractivity (Wildman–Crippen MR) is 62.4 cm³/mol. The van der Waals surface area contributed by atoms with Gasteiger partial charge in [0, 0.05) is 24.4 Å². The number of nitrogens with zero attached hydrogens (tertiary/aromatic N) is 1. The fraction of sp³-hybridized carbons (Fsp3) is 0.364. The van der Waals surface area contributed by atoms with Gasteiger partial charge in [0.15, 0.2) is 0 Å². The molecule has 1 aromatic carbocycles. The molecule has 1 aliphatic rings. The van der Waals surface area contributed by atoms with E-state index in [0.29, 0.717) is 12.8 Å². The van der Waals surface area contributed by atoms with Crippen LogP contribution in [0.15, 0.2) is 18.2 Å². The lowest BCUT2D eigenvalue weighted by Crippen LogP contribution is -2.30. The smallest absolute Gasteiger partial charge is 0.304 e. The van der Waals surface area contributed by atoms with Gasteiger partial charge in [0.05, 0.1) is 10.3 Å². The van der Waals surface area contributed by atoms with Crippen LogP contribution in [0.2, 0.25) is 0 Å². The molecule has 0 spiro atoms. The van der Waals surface area contributed by atoms with Gasteiger partial charge in [-0.05, 0) is 18.9 Å². The van der Waals surface area contributed by atoms with Crippen LogP contribution in [0.4, 0.5) is 15.8 Å². The van der Waals surface area contributed by atoms with Crippen molar-refractivity contribution in [3.05, 3.63) is 34.1 Å². The number of nitro groups is 1. The molecule has 2 rings (SSSR count). The van der Waals surface area contributed by atoms with E-state index >= 15 is 0 Å². The molecule has 18 heavy (non-hydrogen) atoms. The molecule has 0 aromatic heterocycles. The highest BCUT2D eigenvalue weighted by molar-refractivity contribution is 5.97. The summed E-state index contributed by atoms with van der Waals surface area (Å²) in [5.41, 5.74) is 4.53. The minimum absolute atomic E-state index is 0.197. The van der Waals surface area contributed by atoms with Gasteiger partial charge in [0.1, 0.15) is 0 Å². The first kappa shape index (κ1) is 12.4. The molecule has 1 aliphatic carbocycles. The van der Waals surface area contributed by atoms with Crippen LogP contribution in [0.5, 0.6) is 0 Å². The molecule has 96 valence electrons. The molecule has 0 bridgehead atoms. The summed E-state index contributed by atoms with van der Waals surface area (Å²) in [6.45, 7) is 0.244. The van der Waals surface area contributed by atoms with E-state index < -0.39 is 21.8 Å². The number of anilines is 1. The van der Waals surface area contributed by atoms with Crippen molar-refractivity contribution < 1.29 is 14.1 Å². The quantitative estimate of drug-likeness (QED) is 0.626. The number of carbonyl (C=O) groups is 1. The van der Waals surface area contributed by atoms with Crippen LogP contribution in [0, 0.1) is 21.3 Å². The summed E-state index contributed by atoms with van der Waals surface area (Å²) in [6.07, 6.45) is 1.43. The average Bonchev–Trinajstić information content (AvgIpc) is 3.09. The van der Waals surface area contributed by atoms with Crippen molar-refractivity contribution in [2.75, 3.05) is 11.9 Å². The number of hydrogen-bond donors (Lipinski definition) is 2. The van der Waals surface area contributed by atoms with E-state index in [2.05, 4.69) is 5.32 Å². The molecule has 1 aromatic rings. The maximum atomic E-state index is 13.3. The van der Waals surface area contributed by atoms with Gasteiger partial charge in [-0.1, -0.05) is 0 Å². The van der Waals surface area contributed by atoms with Gasteiger partial charge in [-0.2, -0.15) is 4.39 Å². The zero-order valence-electron chi connectivity index (χ0n) is 9.48. The lowest BCUT2D eigenvalue weighted by molar-refractivity contribution is -0.387. The molecule has 1 amide bonds. The Labute approximate surface area is 102 Å². The van der Waals surface area contributed by atoms with E-state index in [4.69, 9.17) is 5.73 Å². The molecule has 7 heteroatoms. The number of hydrogen-bond acceptors (Lipinski definition) is 4. The third-order valence-corrected chi connectivity index (χ3v) is 3.13. The standard InChI is InChI=1S/C11H12FN3O3/c12-8-5-7(1-2-9(8)15(17)18)14-10(16)11(6-13)3-4-11/h1-2,5H,3-4,6,13H2,(H,14,16). The van der Waals surface area contributed by atoms with Crippen molar-refractivity contribution >= 4 is 17.3 Å². The topological polar surface area (TPSA) is 98.3 Å². The zero-order valence-corrected chi connectivity index (χ0v) is 9.48. The molecule has 1 saturated carbocycles. The molecule has 0 radical (unpaired) electrons. The maximum absolute atomic E-state index is 13.3. The Morgan fingerprint density at radius 2 is 2.22 bits per heavy atom. The monoisotopic (exact) mass is 253 g/mol.